The highest BCUT2D eigenvalue weighted by Gasteiger charge is 2.05. The number of aryl methyl sites for hydroxylation is 1. The number of aromatic nitrogens is 1. The van der Waals surface area contributed by atoms with E-state index < -0.39 is 0 Å². The van der Waals surface area contributed by atoms with Crippen LogP contribution in [-0.2, 0) is 0 Å². The molecule has 0 aliphatic rings. The SMILES string of the molecule is COc1cccc(C=Cc2onc(C)c2N)c1. The minimum absolute atomic E-state index is 0.573. The third-order valence-corrected chi connectivity index (χ3v) is 2.46. The number of nitrogens with two attached hydrogens (primary N) is 1. The number of hydrogen-bond donors (Lipinski definition) is 1. The molecule has 1 heterocycles. The van der Waals surface area contributed by atoms with Crippen molar-refractivity contribution in [1.82, 2.24) is 5.16 Å². The highest BCUT2D eigenvalue weighted by atomic mass is 16.5. The minimum atomic E-state index is 0.573. The average molecular weight is 230 g/mol. The van der Waals surface area contributed by atoms with Crippen molar-refractivity contribution in [2.75, 3.05) is 12.8 Å². The molecule has 1 aromatic carbocycles. The highest BCUT2D eigenvalue weighted by molar-refractivity contribution is 5.73. The molecule has 0 radical (unpaired) electrons. The number of rotatable bonds is 3. The van der Waals surface area contributed by atoms with Gasteiger partial charge < -0.3 is 15.0 Å². The van der Waals surface area contributed by atoms with Crippen LogP contribution in [-0.4, -0.2) is 12.3 Å². The van der Waals surface area contributed by atoms with E-state index in [4.69, 9.17) is 15.0 Å². The first-order valence-electron chi connectivity index (χ1n) is 5.24. The number of methoxy groups -OCH3 is 1. The fourth-order valence-corrected chi connectivity index (χ4v) is 1.43. The Kier molecular flexibility index (Phi) is 3.14. The van der Waals surface area contributed by atoms with Gasteiger partial charge in [-0.05, 0) is 30.7 Å². The van der Waals surface area contributed by atoms with E-state index in [1.165, 1.54) is 0 Å². The van der Waals surface area contributed by atoms with Crippen LogP contribution >= 0.6 is 0 Å². The molecular formula is C13H14N2O2. The summed E-state index contributed by atoms with van der Waals surface area (Å²) in [6.45, 7) is 1.81. The third-order valence-electron chi connectivity index (χ3n) is 2.46. The second-order valence-corrected chi connectivity index (χ2v) is 3.66. The fraction of sp³-hybridized carbons (Fsp3) is 0.154. The van der Waals surface area contributed by atoms with Gasteiger partial charge in [-0.2, -0.15) is 0 Å². The van der Waals surface area contributed by atoms with E-state index in [1.807, 2.05) is 37.3 Å². The van der Waals surface area contributed by atoms with Gasteiger partial charge in [0.1, 0.15) is 17.1 Å². The highest BCUT2D eigenvalue weighted by Crippen LogP contribution is 2.19. The van der Waals surface area contributed by atoms with Gasteiger partial charge in [-0.3, -0.25) is 0 Å². The van der Waals surface area contributed by atoms with Crippen LogP contribution in [0.5, 0.6) is 5.75 Å². The second-order valence-electron chi connectivity index (χ2n) is 3.66. The second kappa shape index (κ2) is 4.74. The topological polar surface area (TPSA) is 61.3 Å². The van der Waals surface area contributed by atoms with E-state index in [9.17, 15) is 0 Å². The van der Waals surface area contributed by atoms with Crippen molar-refractivity contribution >= 4 is 17.8 Å². The monoisotopic (exact) mass is 230 g/mol. The molecule has 4 heteroatoms. The number of nitrogens with zero attached hydrogens (tertiary/aromatic N) is 1. The number of anilines is 1. The Bertz CT molecular complexity index is 544. The van der Waals surface area contributed by atoms with E-state index in [1.54, 1.807) is 13.2 Å². The molecule has 0 aliphatic heterocycles. The summed E-state index contributed by atoms with van der Waals surface area (Å²) in [7, 11) is 1.64. The molecule has 88 valence electrons. The quantitative estimate of drug-likeness (QED) is 0.880. The van der Waals surface area contributed by atoms with Gasteiger partial charge in [0, 0.05) is 0 Å². The minimum Gasteiger partial charge on any atom is -0.497 e. The van der Waals surface area contributed by atoms with Gasteiger partial charge in [0.05, 0.1) is 7.11 Å². The van der Waals surface area contributed by atoms with Crippen molar-refractivity contribution in [1.29, 1.82) is 0 Å². The molecule has 0 saturated carbocycles. The van der Waals surface area contributed by atoms with Crippen LogP contribution in [0.15, 0.2) is 28.8 Å². The Labute approximate surface area is 99.7 Å². The zero-order chi connectivity index (χ0) is 12.3. The van der Waals surface area contributed by atoms with Crippen molar-refractivity contribution in [2.45, 2.75) is 6.92 Å². The molecule has 17 heavy (non-hydrogen) atoms. The lowest BCUT2D eigenvalue weighted by Gasteiger charge is -1.99. The third kappa shape index (κ3) is 2.47. The number of nitrogen functional groups attached to an aromatic ring is 1. The summed E-state index contributed by atoms with van der Waals surface area (Å²) in [4.78, 5) is 0. The van der Waals surface area contributed by atoms with Gasteiger partial charge in [-0.25, -0.2) is 0 Å². The number of benzene rings is 1. The zero-order valence-electron chi connectivity index (χ0n) is 9.81. The first kappa shape index (κ1) is 11.3. The Morgan fingerprint density at radius 3 is 2.82 bits per heavy atom. The molecule has 1 aromatic heterocycles. The van der Waals surface area contributed by atoms with Crippen LogP contribution in [0.4, 0.5) is 5.69 Å². The lowest BCUT2D eigenvalue weighted by Crippen LogP contribution is -1.86. The largest absolute Gasteiger partial charge is 0.497 e. The molecule has 0 fully saturated rings. The molecule has 0 saturated heterocycles. The lowest BCUT2D eigenvalue weighted by molar-refractivity contribution is 0.408. The molecule has 0 spiro atoms. The van der Waals surface area contributed by atoms with Crippen LogP contribution < -0.4 is 10.5 Å². The maximum absolute atomic E-state index is 5.79. The molecule has 0 unspecified atom stereocenters. The molecule has 4 nitrogen and oxygen atoms in total. The summed E-state index contributed by atoms with van der Waals surface area (Å²) in [6, 6.07) is 7.71. The molecule has 2 rings (SSSR count). The van der Waals surface area contributed by atoms with E-state index in [-0.39, 0.29) is 0 Å². The van der Waals surface area contributed by atoms with Gasteiger partial charge in [-0.15, -0.1) is 0 Å². The van der Waals surface area contributed by atoms with Crippen LogP contribution in [0.2, 0.25) is 0 Å². The Morgan fingerprint density at radius 1 is 1.35 bits per heavy atom. The maximum atomic E-state index is 5.79. The van der Waals surface area contributed by atoms with Crippen molar-refractivity contribution in [2.24, 2.45) is 0 Å². The maximum Gasteiger partial charge on any atom is 0.182 e. The Balaban J connectivity index is 2.22. The molecule has 0 amide bonds. The summed E-state index contributed by atoms with van der Waals surface area (Å²) < 4.78 is 10.2. The lowest BCUT2D eigenvalue weighted by atomic mass is 10.2. The smallest absolute Gasteiger partial charge is 0.182 e. The normalized spacial score (nSPS) is 10.9. The van der Waals surface area contributed by atoms with E-state index in [0.29, 0.717) is 17.1 Å². The van der Waals surface area contributed by atoms with Gasteiger partial charge in [-0.1, -0.05) is 23.4 Å². The fourth-order valence-electron chi connectivity index (χ4n) is 1.43. The van der Waals surface area contributed by atoms with Crippen molar-refractivity contribution < 1.29 is 9.26 Å². The van der Waals surface area contributed by atoms with Gasteiger partial charge in [0.2, 0.25) is 0 Å². The molecule has 2 aromatic rings. The summed E-state index contributed by atoms with van der Waals surface area (Å²) in [5.41, 5.74) is 8.08. The van der Waals surface area contributed by atoms with Crippen molar-refractivity contribution in [3.8, 4) is 5.75 Å². The molecular weight excluding hydrogens is 216 g/mol. The number of hydrogen-bond acceptors (Lipinski definition) is 4. The standard InChI is InChI=1S/C13H14N2O2/c1-9-13(14)12(17-15-9)7-6-10-4-3-5-11(8-10)16-2/h3-8H,14H2,1-2H3. The Hall–Kier alpha value is -2.23. The van der Waals surface area contributed by atoms with Gasteiger partial charge >= 0.3 is 0 Å². The first-order valence-corrected chi connectivity index (χ1v) is 5.24. The molecule has 0 atom stereocenters. The molecule has 2 N–H and O–H groups in total. The predicted octanol–water partition coefficient (Wildman–Crippen LogP) is 2.74. The molecule has 0 aliphatic carbocycles. The zero-order valence-corrected chi connectivity index (χ0v) is 9.81. The first-order chi connectivity index (χ1) is 8.20. The Morgan fingerprint density at radius 2 is 2.18 bits per heavy atom. The van der Waals surface area contributed by atoms with E-state index >= 15 is 0 Å². The van der Waals surface area contributed by atoms with E-state index in [0.717, 1.165) is 11.3 Å². The summed E-state index contributed by atoms with van der Waals surface area (Å²) in [6.07, 6.45) is 3.70. The van der Waals surface area contributed by atoms with Crippen molar-refractivity contribution in [3.05, 3.63) is 41.3 Å². The van der Waals surface area contributed by atoms with Crippen LogP contribution in [0.3, 0.4) is 0 Å². The average Bonchev–Trinajstić information content (AvgIpc) is 2.68. The van der Waals surface area contributed by atoms with Crippen molar-refractivity contribution in [3.63, 3.8) is 0 Å². The summed E-state index contributed by atoms with van der Waals surface area (Å²) >= 11 is 0. The van der Waals surface area contributed by atoms with Gasteiger partial charge in [0.15, 0.2) is 5.76 Å². The van der Waals surface area contributed by atoms with Crippen LogP contribution in [0.25, 0.3) is 12.2 Å². The number of ether oxygens (including phenoxy) is 1. The van der Waals surface area contributed by atoms with Crippen LogP contribution in [0, 0.1) is 6.92 Å². The van der Waals surface area contributed by atoms with Crippen LogP contribution in [0.1, 0.15) is 17.0 Å². The summed E-state index contributed by atoms with van der Waals surface area (Å²) in [5.74, 6) is 1.39. The van der Waals surface area contributed by atoms with E-state index in [2.05, 4.69) is 5.16 Å². The predicted molar refractivity (Wildman–Crippen MR) is 67.6 cm³/mol. The summed E-state index contributed by atoms with van der Waals surface area (Å²) in [5, 5.41) is 3.79. The van der Waals surface area contributed by atoms with Gasteiger partial charge in [0.25, 0.3) is 0 Å². The molecule has 0 bridgehead atoms.